The minimum absolute atomic E-state index is 0.355. The van der Waals surface area contributed by atoms with Crippen molar-refractivity contribution in [1.82, 2.24) is 0 Å². The molecule has 0 unspecified atom stereocenters. The van der Waals surface area contributed by atoms with Gasteiger partial charge in [0.25, 0.3) is 0 Å². The van der Waals surface area contributed by atoms with E-state index < -0.39 is 0 Å². The quantitative estimate of drug-likeness (QED) is 0.677. The average Bonchev–Trinajstić information content (AvgIpc) is 2.45. The summed E-state index contributed by atoms with van der Waals surface area (Å²) in [7, 11) is 3.26. The van der Waals surface area contributed by atoms with Crippen LogP contribution in [0.4, 0.5) is 17.1 Å². The molecule has 19 heavy (non-hydrogen) atoms. The molecule has 0 bridgehead atoms. The van der Waals surface area contributed by atoms with Crippen molar-refractivity contribution in [3.05, 3.63) is 54.1 Å². The molecule has 0 saturated heterocycles. The van der Waals surface area contributed by atoms with Crippen LogP contribution in [0.1, 0.15) is 10.4 Å². The molecule has 0 heterocycles. The van der Waals surface area contributed by atoms with Gasteiger partial charge in [-0.15, -0.1) is 0 Å². The Morgan fingerprint density at radius 2 is 1.89 bits per heavy atom. The van der Waals surface area contributed by atoms with Crippen LogP contribution in [0.2, 0.25) is 0 Å². The van der Waals surface area contributed by atoms with Crippen molar-refractivity contribution in [3.63, 3.8) is 0 Å². The Kier molecular flexibility index (Phi) is 3.71. The molecule has 0 aliphatic heterocycles. The first kappa shape index (κ1) is 13.0. The van der Waals surface area contributed by atoms with Gasteiger partial charge >= 0.3 is 5.97 Å². The SMILES string of the molecule is COC(=O)c1ccccc1N(C)c1cccc(N)c1. The molecule has 0 aliphatic rings. The van der Waals surface area contributed by atoms with E-state index in [0.717, 1.165) is 11.4 Å². The zero-order chi connectivity index (χ0) is 13.8. The van der Waals surface area contributed by atoms with E-state index in [1.807, 2.05) is 54.4 Å². The Hall–Kier alpha value is -2.49. The maximum Gasteiger partial charge on any atom is 0.339 e. The Bertz CT molecular complexity index is 596. The van der Waals surface area contributed by atoms with E-state index in [4.69, 9.17) is 10.5 Å². The standard InChI is InChI=1S/C15H16N2O2/c1-17(12-7-5-6-11(16)10-12)14-9-4-3-8-13(14)15(18)19-2/h3-10H,16H2,1-2H3. The van der Waals surface area contributed by atoms with Crippen molar-refractivity contribution in [3.8, 4) is 0 Å². The summed E-state index contributed by atoms with van der Waals surface area (Å²) in [5.74, 6) is -0.355. The van der Waals surface area contributed by atoms with Crippen molar-refractivity contribution in [2.75, 3.05) is 24.8 Å². The fourth-order valence-corrected chi connectivity index (χ4v) is 1.92. The summed E-state index contributed by atoms with van der Waals surface area (Å²) in [6.45, 7) is 0. The van der Waals surface area contributed by atoms with Gasteiger partial charge in [-0.25, -0.2) is 4.79 Å². The van der Waals surface area contributed by atoms with Crippen LogP contribution in [-0.2, 0) is 4.74 Å². The lowest BCUT2D eigenvalue weighted by Gasteiger charge is -2.22. The number of carbonyl (C=O) groups is 1. The monoisotopic (exact) mass is 256 g/mol. The van der Waals surface area contributed by atoms with Gasteiger partial charge in [0.15, 0.2) is 0 Å². The van der Waals surface area contributed by atoms with E-state index in [1.165, 1.54) is 7.11 Å². The van der Waals surface area contributed by atoms with Crippen molar-refractivity contribution >= 4 is 23.0 Å². The average molecular weight is 256 g/mol. The van der Waals surface area contributed by atoms with E-state index in [-0.39, 0.29) is 5.97 Å². The van der Waals surface area contributed by atoms with Crippen LogP contribution in [0.15, 0.2) is 48.5 Å². The number of hydrogen-bond donors (Lipinski definition) is 1. The van der Waals surface area contributed by atoms with Crippen molar-refractivity contribution in [2.24, 2.45) is 0 Å². The highest BCUT2D eigenvalue weighted by Gasteiger charge is 2.15. The Morgan fingerprint density at radius 1 is 1.16 bits per heavy atom. The normalized spacial score (nSPS) is 10.0. The maximum atomic E-state index is 11.8. The largest absolute Gasteiger partial charge is 0.465 e. The molecule has 0 radical (unpaired) electrons. The molecule has 4 heteroatoms. The molecule has 98 valence electrons. The van der Waals surface area contributed by atoms with Crippen molar-refractivity contribution < 1.29 is 9.53 Å². The smallest absolute Gasteiger partial charge is 0.339 e. The van der Waals surface area contributed by atoms with Crippen LogP contribution >= 0.6 is 0 Å². The zero-order valence-corrected chi connectivity index (χ0v) is 11.0. The summed E-state index contributed by atoms with van der Waals surface area (Å²) >= 11 is 0. The number of benzene rings is 2. The van der Waals surface area contributed by atoms with E-state index in [2.05, 4.69) is 0 Å². The van der Waals surface area contributed by atoms with Crippen molar-refractivity contribution in [1.29, 1.82) is 0 Å². The third-order valence-corrected chi connectivity index (χ3v) is 2.93. The first-order valence-corrected chi connectivity index (χ1v) is 5.90. The highest BCUT2D eigenvalue weighted by Crippen LogP contribution is 2.28. The number of nitrogens with zero attached hydrogens (tertiary/aromatic N) is 1. The predicted molar refractivity (Wildman–Crippen MR) is 76.7 cm³/mol. The van der Waals surface area contributed by atoms with Crippen LogP contribution in [0, 0.1) is 0 Å². The molecule has 0 aliphatic carbocycles. The number of esters is 1. The summed E-state index contributed by atoms with van der Waals surface area (Å²) in [6, 6.07) is 14.8. The van der Waals surface area contributed by atoms with E-state index in [9.17, 15) is 4.79 Å². The fourth-order valence-electron chi connectivity index (χ4n) is 1.92. The van der Waals surface area contributed by atoms with Gasteiger partial charge in [-0.05, 0) is 30.3 Å². The Balaban J connectivity index is 2.44. The number of methoxy groups -OCH3 is 1. The second kappa shape index (κ2) is 5.44. The molecular formula is C15H16N2O2. The summed E-state index contributed by atoms with van der Waals surface area (Å²) in [6.07, 6.45) is 0. The van der Waals surface area contributed by atoms with Crippen LogP contribution in [0.3, 0.4) is 0 Å². The molecule has 0 fully saturated rings. The maximum absolute atomic E-state index is 11.8. The number of carbonyl (C=O) groups excluding carboxylic acids is 1. The van der Waals surface area contributed by atoms with Gasteiger partial charge < -0.3 is 15.4 Å². The van der Waals surface area contributed by atoms with E-state index in [0.29, 0.717) is 11.3 Å². The molecule has 4 nitrogen and oxygen atoms in total. The number of para-hydroxylation sites is 1. The van der Waals surface area contributed by atoms with Gasteiger partial charge in [0, 0.05) is 18.4 Å². The summed E-state index contributed by atoms with van der Waals surface area (Å²) in [5.41, 5.74) is 8.67. The summed E-state index contributed by atoms with van der Waals surface area (Å²) in [4.78, 5) is 13.7. The highest BCUT2D eigenvalue weighted by molar-refractivity contribution is 5.96. The van der Waals surface area contributed by atoms with Crippen LogP contribution in [0.25, 0.3) is 0 Å². The van der Waals surface area contributed by atoms with Crippen LogP contribution < -0.4 is 10.6 Å². The molecule has 2 aromatic carbocycles. The number of anilines is 3. The summed E-state index contributed by atoms with van der Waals surface area (Å²) in [5, 5.41) is 0. The second-order valence-electron chi connectivity index (χ2n) is 4.16. The lowest BCUT2D eigenvalue weighted by Crippen LogP contribution is -2.14. The predicted octanol–water partition coefficient (Wildman–Crippen LogP) is 2.82. The molecule has 2 rings (SSSR count). The summed E-state index contributed by atoms with van der Waals surface area (Å²) < 4.78 is 4.80. The number of hydrogen-bond acceptors (Lipinski definition) is 4. The molecule has 2 N–H and O–H groups in total. The third-order valence-electron chi connectivity index (χ3n) is 2.93. The van der Waals surface area contributed by atoms with Gasteiger partial charge in [-0.1, -0.05) is 18.2 Å². The van der Waals surface area contributed by atoms with Gasteiger partial charge in [0.1, 0.15) is 0 Å². The van der Waals surface area contributed by atoms with Gasteiger partial charge in [0.2, 0.25) is 0 Å². The topological polar surface area (TPSA) is 55.6 Å². The Morgan fingerprint density at radius 3 is 2.58 bits per heavy atom. The minimum Gasteiger partial charge on any atom is -0.465 e. The molecule has 2 aromatic rings. The third kappa shape index (κ3) is 2.68. The number of rotatable bonds is 3. The second-order valence-corrected chi connectivity index (χ2v) is 4.16. The molecule has 0 aromatic heterocycles. The van der Waals surface area contributed by atoms with Crippen molar-refractivity contribution in [2.45, 2.75) is 0 Å². The zero-order valence-electron chi connectivity index (χ0n) is 11.0. The minimum atomic E-state index is -0.355. The number of nitrogen functional groups attached to an aromatic ring is 1. The Labute approximate surface area is 112 Å². The first-order chi connectivity index (χ1) is 9.13. The molecular weight excluding hydrogens is 240 g/mol. The van der Waals surface area contributed by atoms with Gasteiger partial charge in [-0.3, -0.25) is 0 Å². The lowest BCUT2D eigenvalue weighted by atomic mass is 10.1. The fraction of sp³-hybridized carbons (Fsp3) is 0.133. The first-order valence-electron chi connectivity index (χ1n) is 5.90. The molecule has 0 spiro atoms. The lowest BCUT2D eigenvalue weighted by molar-refractivity contribution is 0.0601. The van der Waals surface area contributed by atoms with E-state index in [1.54, 1.807) is 6.07 Å². The van der Waals surface area contributed by atoms with Gasteiger partial charge in [0.05, 0.1) is 18.4 Å². The highest BCUT2D eigenvalue weighted by atomic mass is 16.5. The molecule has 0 atom stereocenters. The van der Waals surface area contributed by atoms with E-state index >= 15 is 0 Å². The van der Waals surface area contributed by atoms with Crippen LogP contribution in [-0.4, -0.2) is 20.1 Å². The molecule has 0 amide bonds. The molecule has 0 saturated carbocycles. The number of nitrogens with two attached hydrogens (primary N) is 1. The van der Waals surface area contributed by atoms with Gasteiger partial charge in [-0.2, -0.15) is 0 Å². The number of ether oxygens (including phenoxy) is 1. The van der Waals surface area contributed by atoms with Crippen LogP contribution in [0.5, 0.6) is 0 Å².